The maximum atomic E-state index is 12.7. The summed E-state index contributed by atoms with van der Waals surface area (Å²) < 4.78 is 35.6. The zero-order valence-electron chi connectivity index (χ0n) is 16.5. The molecular weight excluding hydrogens is 410 g/mol. The maximum absolute atomic E-state index is 12.7. The number of aromatic nitrogens is 5. The SMILES string of the molecule is CC1CN(c2noc(C(F)F)n2)CCN1c1ncc(OCc2ccncc2C#N)cn1. The van der Waals surface area contributed by atoms with E-state index in [4.69, 9.17) is 10.00 Å². The lowest BCUT2D eigenvalue weighted by Gasteiger charge is -2.39. The Morgan fingerprint density at radius 2 is 2.06 bits per heavy atom. The molecule has 3 aromatic heterocycles. The lowest BCUT2D eigenvalue weighted by atomic mass is 10.2. The van der Waals surface area contributed by atoms with Gasteiger partial charge in [-0.15, -0.1) is 0 Å². The minimum Gasteiger partial charge on any atom is -0.486 e. The molecule has 0 bridgehead atoms. The average Bonchev–Trinajstić information content (AvgIpc) is 3.29. The number of nitriles is 1. The van der Waals surface area contributed by atoms with Gasteiger partial charge in [0.05, 0.1) is 18.0 Å². The molecule has 31 heavy (non-hydrogen) atoms. The summed E-state index contributed by atoms with van der Waals surface area (Å²) >= 11 is 0. The van der Waals surface area contributed by atoms with E-state index in [1.54, 1.807) is 29.6 Å². The van der Waals surface area contributed by atoms with Crippen LogP contribution < -0.4 is 14.5 Å². The van der Waals surface area contributed by atoms with Crippen molar-refractivity contribution in [2.45, 2.75) is 26.0 Å². The topological polar surface area (TPSA) is 117 Å². The highest BCUT2D eigenvalue weighted by molar-refractivity contribution is 5.40. The van der Waals surface area contributed by atoms with Crippen LogP contribution in [-0.2, 0) is 6.61 Å². The zero-order valence-corrected chi connectivity index (χ0v) is 16.5. The molecule has 0 aliphatic carbocycles. The highest BCUT2D eigenvalue weighted by Crippen LogP contribution is 2.23. The van der Waals surface area contributed by atoms with Crippen LogP contribution in [-0.4, -0.2) is 50.8 Å². The average molecular weight is 428 g/mol. The summed E-state index contributed by atoms with van der Waals surface area (Å²) in [7, 11) is 0. The summed E-state index contributed by atoms with van der Waals surface area (Å²) in [5.41, 5.74) is 1.18. The smallest absolute Gasteiger partial charge is 0.316 e. The number of pyridine rings is 1. The van der Waals surface area contributed by atoms with Crippen LogP contribution in [0.1, 0.15) is 30.4 Å². The summed E-state index contributed by atoms with van der Waals surface area (Å²) in [6, 6.07) is 3.79. The molecule has 4 rings (SSSR count). The molecule has 0 saturated carbocycles. The predicted molar refractivity (Wildman–Crippen MR) is 104 cm³/mol. The van der Waals surface area contributed by atoms with Crippen molar-refractivity contribution in [2.75, 3.05) is 29.4 Å². The van der Waals surface area contributed by atoms with Gasteiger partial charge in [-0.25, -0.2) is 9.97 Å². The van der Waals surface area contributed by atoms with Crippen LogP contribution in [0.4, 0.5) is 20.7 Å². The molecule has 12 heteroatoms. The first-order chi connectivity index (χ1) is 15.0. The molecule has 1 atom stereocenters. The summed E-state index contributed by atoms with van der Waals surface area (Å²) in [5.74, 6) is 0.474. The Labute approximate surface area is 176 Å². The third-order valence-electron chi connectivity index (χ3n) is 4.83. The van der Waals surface area contributed by atoms with E-state index in [-0.39, 0.29) is 18.6 Å². The van der Waals surface area contributed by atoms with Gasteiger partial charge in [-0.2, -0.15) is 19.0 Å². The molecule has 3 aromatic rings. The second-order valence-electron chi connectivity index (χ2n) is 6.87. The van der Waals surface area contributed by atoms with Crippen LogP contribution in [0.15, 0.2) is 35.4 Å². The molecule has 1 fully saturated rings. The van der Waals surface area contributed by atoms with Crippen molar-refractivity contribution >= 4 is 11.9 Å². The van der Waals surface area contributed by atoms with E-state index in [1.807, 2.05) is 11.8 Å². The van der Waals surface area contributed by atoms with Crippen molar-refractivity contribution in [1.82, 2.24) is 25.1 Å². The number of halogens is 2. The quantitative estimate of drug-likeness (QED) is 0.579. The van der Waals surface area contributed by atoms with Crippen LogP contribution in [0.2, 0.25) is 0 Å². The molecular formula is C19H18F2N8O2. The number of ether oxygens (including phenoxy) is 1. The molecule has 0 radical (unpaired) electrons. The number of hydrogen-bond donors (Lipinski definition) is 0. The highest BCUT2D eigenvalue weighted by atomic mass is 19.3. The number of hydrogen-bond acceptors (Lipinski definition) is 10. The normalized spacial score (nSPS) is 16.4. The molecule has 1 unspecified atom stereocenters. The lowest BCUT2D eigenvalue weighted by Crippen LogP contribution is -2.53. The molecule has 1 aliphatic rings. The number of nitrogens with zero attached hydrogens (tertiary/aromatic N) is 8. The van der Waals surface area contributed by atoms with Crippen molar-refractivity contribution in [2.24, 2.45) is 0 Å². The second-order valence-corrected chi connectivity index (χ2v) is 6.87. The van der Waals surface area contributed by atoms with Gasteiger partial charge in [0.25, 0.3) is 11.8 Å². The minimum atomic E-state index is -2.79. The van der Waals surface area contributed by atoms with Gasteiger partial charge in [0.1, 0.15) is 12.7 Å². The number of alkyl halides is 2. The monoisotopic (exact) mass is 428 g/mol. The van der Waals surface area contributed by atoms with E-state index in [0.29, 0.717) is 36.9 Å². The first-order valence-corrected chi connectivity index (χ1v) is 9.46. The van der Waals surface area contributed by atoms with Gasteiger partial charge in [0.15, 0.2) is 5.75 Å². The van der Waals surface area contributed by atoms with Gasteiger partial charge >= 0.3 is 6.43 Å². The largest absolute Gasteiger partial charge is 0.486 e. The molecule has 4 heterocycles. The molecule has 0 aromatic carbocycles. The van der Waals surface area contributed by atoms with E-state index in [2.05, 4.69) is 35.7 Å². The Bertz CT molecular complexity index is 1070. The standard InChI is InChI=1S/C19H18F2N8O2/c1-12-10-28(19-26-17(16(20)21)31-27-19)4-5-29(12)18-24-8-15(9-25-18)30-11-13-2-3-23-7-14(13)6-22/h2-3,7-9,12,16H,4-5,10-11H2,1H3. The summed E-state index contributed by atoms with van der Waals surface area (Å²) in [6.07, 6.45) is 3.44. The van der Waals surface area contributed by atoms with Crippen LogP contribution in [0.25, 0.3) is 0 Å². The Kier molecular flexibility index (Phi) is 5.83. The van der Waals surface area contributed by atoms with E-state index >= 15 is 0 Å². The Morgan fingerprint density at radius 3 is 2.74 bits per heavy atom. The Balaban J connectivity index is 1.36. The van der Waals surface area contributed by atoms with Crippen molar-refractivity contribution < 1.29 is 18.0 Å². The fourth-order valence-corrected chi connectivity index (χ4v) is 3.22. The van der Waals surface area contributed by atoms with Crippen molar-refractivity contribution in [3.8, 4) is 11.8 Å². The molecule has 1 saturated heterocycles. The van der Waals surface area contributed by atoms with E-state index in [0.717, 1.165) is 5.56 Å². The Morgan fingerprint density at radius 1 is 1.26 bits per heavy atom. The second kappa shape index (κ2) is 8.86. The van der Waals surface area contributed by atoms with E-state index in [9.17, 15) is 8.78 Å². The van der Waals surface area contributed by atoms with E-state index < -0.39 is 12.3 Å². The van der Waals surface area contributed by atoms with Crippen molar-refractivity contribution in [1.29, 1.82) is 5.26 Å². The third-order valence-corrected chi connectivity index (χ3v) is 4.83. The van der Waals surface area contributed by atoms with Crippen molar-refractivity contribution in [3.63, 3.8) is 0 Å². The first-order valence-electron chi connectivity index (χ1n) is 9.46. The van der Waals surface area contributed by atoms with Gasteiger partial charge in [-0.05, 0) is 18.1 Å². The molecule has 1 aliphatic heterocycles. The molecule has 10 nitrogen and oxygen atoms in total. The molecule has 0 N–H and O–H groups in total. The van der Waals surface area contributed by atoms with Gasteiger partial charge in [0.2, 0.25) is 5.95 Å². The van der Waals surface area contributed by atoms with Gasteiger partial charge in [-0.1, -0.05) is 0 Å². The fraction of sp³-hybridized carbons (Fsp3) is 0.368. The number of piperazine rings is 1. The molecule has 0 amide bonds. The Hall–Kier alpha value is -3.88. The minimum absolute atomic E-state index is 0.0102. The lowest BCUT2D eigenvalue weighted by molar-refractivity contribution is 0.106. The molecule has 160 valence electrons. The van der Waals surface area contributed by atoms with Crippen LogP contribution in [0, 0.1) is 11.3 Å². The summed E-state index contributed by atoms with van der Waals surface area (Å²) in [5, 5.41) is 12.7. The van der Waals surface area contributed by atoms with Crippen LogP contribution >= 0.6 is 0 Å². The maximum Gasteiger partial charge on any atom is 0.316 e. The van der Waals surface area contributed by atoms with Gasteiger partial charge in [-0.3, -0.25) is 4.98 Å². The van der Waals surface area contributed by atoms with Crippen LogP contribution in [0.3, 0.4) is 0 Å². The van der Waals surface area contributed by atoms with Crippen molar-refractivity contribution in [3.05, 3.63) is 47.9 Å². The third kappa shape index (κ3) is 4.50. The summed E-state index contributed by atoms with van der Waals surface area (Å²) in [6.45, 7) is 3.74. The first kappa shape index (κ1) is 20.4. The van der Waals surface area contributed by atoms with Crippen LogP contribution in [0.5, 0.6) is 5.75 Å². The zero-order chi connectivity index (χ0) is 21.8. The predicted octanol–water partition coefficient (Wildman–Crippen LogP) is 2.36. The van der Waals surface area contributed by atoms with Gasteiger partial charge in [0, 0.05) is 43.6 Å². The summed E-state index contributed by atoms with van der Waals surface area (Å²) in [4.78, 5) is 20.2. The van der Waals surface area contributed by atoms with Gasteiger partial charge < -0.3 is 19.1 Å². The van der Waals surface area contributed by atoms with E-state index in [1.165, 1.54) is 6.20 Å². The highest BCUT2D eigenvalue weighted by Gasteiger charge is 2.29. The molecule has 0 spiro atoms. The fourth-order valence-electron chi connectivity index (χ4n) is 3.22. The number of anilines is 2. The number of rotatable bonds is 6.